The van der Waals surface area contributed by atoms with Gasteiger partial charge in [-0.15, -0.1) is 0 Å². The van der Waals surface area contributed by atoms with Crippen LogP contribution >= 0.6 is 0 Å². The SMILES string of the molecule is CC(C)CCNC(=O)c1coc(C(N)Cc2c[nH]c3ccccc23)n1. The number of carbonyl (C=O) groups is 1. The van der Waals surface area contributed by atoms with Crippen molar-refractivity contribution in [2.75, 3.05) is 6.54 Å². The van der Waals surface area contributed by atoms with Crippen LogP contribution in [0.25, 0.3) is 10.9 Å². The fourth-order valence-electron chi connectivity index (χ4n) is 2.75. The average Bonchev–Trinajstić information content (AvgIpc) is 3.22. The monoisotopic (exact) mass is 340 g/mol. The highest BCUT2D eigenvalue weighted by Gasteiger charge is 2.18. The molecule has 1 unspecified atom stereocenters. The highest BCUT2D eigenvalue weighted by molar-refractivity contribution is 5.91. The number of amides is 1. The van der Waals surface area contributed by atoms with Crippen LogP contribution in [0.4, 0.5) is 0 Å². The van der Waals surface area contributed by atoms with Crippen molar-refractivity contribution in [3.8, 4) is 0 Å². The van der Waals surface area contributed by atoms with Gasteiger partial charge in [-0.1, -0.05) is 32.0 Å². The number of para-hydroxylation sites is 1. The summed E-state index contributed by atoms with van der Waals surface area (Å²) in [6.45, 7) is 4.86. The van der Waals surface area contributed by atoms with Gasteiger partial charge in [0.05, 0.1) is 6.04 Å². The molecule has 0 saturated carbocycles. The Bertz CT molecular complexity index is 850. The van der Waals surface area contributed by atoms with E-state index in [1.807, 2.05) is 24.4 Å². The minimum atomic E-state index is -0.406. The third kappa shape index (κ3) is 4.09. The lowest BCUT2D eigenvalue weighted by atomic mass is 10.1. The van der Waals surface area contributed by atoms with E-state index in [1.54, 1.807) is 0 Å². The van der Waals surface area contributed by atoms with Crippen LogP contribution in [0.5, 0.6) is 0 Å². The smallest absolute Gasteiger partial charge is 0.273 e. The zero-order valence-electron chi connectivity index (χ0n) is 14.6. The Morgan fingerprint density at radius 3 is 2.96 bits per heavy atom. The van der Waals surface area contributed by atoms with Gasteiger partial charge < -0.3 is 20.5 Å². The maximum atomic E-state index is 12.1. The molecule has 25 heavy (non-hydrogen) atoms. The van der Waals surface area contributed by atoms with Gasteiger partial charge in [0.25, 0.3) is 5.91 Å². The number of hydrogen-bond donors (Lipinski definition) is 3. The molecule has 2 heterocycles. The molecule has 1 aromatic carbocycles. The number of carbonyl (C=O) groups excluding carboxylic acids is 1. The third-order valence-electron chi connectivity index (χ3n) is 4.19. The van der Waals surface area contributed by atoms with Crippen LogP contribution in [-0.2, 0) is 6.42 Å². The number of fused-ring (bicyclic) bond motifs is 1. The minimum absolute atomic E-state index is 0.227. The number of nitrogens with two attached hydrogens (primary N) is 1. The van der Waals surface area contributed by atoms with Crippen LogP contribution in [-0.4, -0.2) is 22.4 Å². The number of oxazole rings is 1. The molecule has 6 nitrogen and oxygen atoms in total. The van der Waals surface area contributed by atoms with Crippen molar-refractivity contribution >= 4 is 16.8 Å². The molecular weight excluding hydrogens is 316 g/mol. The highest BCUT2D eigenvalue weighted by Crippen LogP contribution is 2.23. The largest absolute Gasteiger partial charge is 0.446 e. The van der Waals surface area contributed by atoms with Gasteiger partial charge in [0.2, 0.25) is 5.89 Å². The number of nitrogens with zero attached hydrogens (tertiary/aromatic N) is 1. The number of rotatable bonds is 7. The number of aromatic nitrogens is 2. The van der Waals surface area contributed by atoms with E-state index in [2.05, 4.69) is 35.2 Å². The molecule has 0 spiro atoms. The first-order chi connectivity index (χ1) is 12.0. The predicted molar refractivity (Wildman–Crippen MR) is 97.2 cm³/mol. The number of aromatic amines is 1. The van der Waals surface area contributed by atoms with Gasteiger partial charge >= 0.3 is 0 Å². The average molecular weight is 340 g/mol. The van der Waals surface area contributed by atoms with Crippen LogP contribution in [0, 0.1) is 5.92 Å². The van der Waals surface area contributed by atoms with Crippen LogP contribution < -0.4 is 11.1 Å². The Kier molecular flexibility index (Phi) is 5.19. The maximum Gasteiger partial charge on any atom is 0.273 e. The van der Waals surface area contributed by atoms with E-state index in [4.69, 9.17) is 10.2 Å². The number of benzene rings is 1. The lowest BCUT2D eigenvalue weighted by molar-refractivity contribution is 0.0947. The molecule has 0 radical (unpaired) electrons. The fraction of sp³-hybridized carbons (Fsp3) is 0.368. The molecule has 0 fully saturated rings. The van der Waals surface area contributed by atoms with E-state index < -0.39 is 6.04 Å². The number of nitrogens with one attached hydrogen (secondary N) is 2. The molecule has 0 saturated heterocycles. The van der Waals surface area contributed by atoms with Gasteiger partial charge in [0.15, 0.2) is 5.69 Å². The number of H-pyrrole nitrogens is 1. The topological polar surface area (TPSA) is 96.9 Å². The zero-order valence-corrected chi connectivity index (χ0v) is 14.6. The normalized spacial score (nSPS) is 12.6. The lowest BCUT2D eigenvalue weighted by Crippen LogP contribution is -2.25. The molecule has 4 N–H and O–H groups in total. The van der Waals surface area contributed by atoms with Gasteiger partial charge in [-0.3, -0.25) is 4.79 Å². The van der Waals surface area contributed by atoms with Crippen molar-refractivity contribution in [2.45, 2.75) is 32.7 Å². The van der Waals surface area contributed by atoms with E-state index in [0.717, 1.165) is 22.9 Å². The summed E-state index contributed by atoms with van der Waals surface area (Å²) in [7, 11) is 0. The Morgan fingerprint density at radius 1 is 1.36 bits per heavy atom. The van der Waals surface area contributed by atoms with Gasteiger partial charge in [-0.25, -0.2) is 4.98 Å². The molecular formula is C19H24N4O2. The summed E-state index contributed by atoms with van der Waals surface area (Å²) >= 11 is 0. The van der Waals surface area contributed by atoms with Crippen molar-refractivity contribution in [3.63, 3.8) is 0 Å². The van der Waals surface area contributed by atoms with Crippen molar-refractivity contribution in [3.05, 3.63) is 53.9 Å². The van der Waals surface area contributed by atoms with Gasteiger partial charge in [0.1, 0.15) is 6.26 Å². The van der Waals surface area contributed by atoms with Gasteiger partial charge in [-0.2, -0.15) is 0 Å². The van der Waals surface area contributed by atoms with Gasteiger partial charge in [0, 0.05) is 23.6 Å². The van der Waals surface area contributed by atoms with Crippen LogP contribution in [0.1, 0.15) is 48.3 Å². The first-order valence-corrected chi connectivity index (χ1v) is 8.58. The summed E-state index contributed by atoms with van der Waals surface area (Å²) < 4.78 is 5.43. The number of hydrogen-bond acceptors (Lipinski definition) is 4. The Morgan fingerprint density at radius 2 is 2.16 bits per heavy atom. The molecule has 2 aromatic heterocycles. The van der Waals surface area contributed by atoms with Crippen molar-refractivity contribution in [1.82, 2.24) is 15.3 Å². The Hall–Kier alpha value is -2.60. The van der Waals surface area contributed by atoms with Crippen LogP contribution in [0.3, 0.4) is 0 Å². The second-order valence-corrected chi connectivity index (χ2v) is 6.68. The first-order valence-electron chi connectivity index (χ1n) is 8.58. The minimum Gasteiger partial charge on any atom is -0.446 e. The van der Waals surface area contributed by atoms with Crippen molar-refractivity contribution in [1.29, 1.82) is 0 Å². The standard InChI is InChI=1S/C19H24N4O2/c1-12(2)7-8-21-18(24)17-11-25-19(23-17)15(20)9-13-10-22-16-6-4-3-5-14(13)16/h3-6,10-12,15,22H,7-9,20H2,1-2H3,(H,21,24). The van der Waals surface area contributed by atoms with E-state index in [0.29, 0.717) is 24.8 Å². The maximum absolute atomic E-state index is 12.1. The summed E-state index contributed by atoms with van der Waals surface area (Å²) in [5, 5.41) is 3.98. The fourth-order valence-corrected chi connectivity index (χ4v) is 2.75. The second kappa shape index (κ2) is 7.53. The summed E-state index contributed by atoms with van der Waals surface area (Å²) in [6.07, 6.45) is 4.83. The summed E-state index contributed by atoms with van der Waals surface area (Å²) in [6, 6.07) is 7.65. The molecule has 0 aliphatic rings. The van der Waals surface area contributed by atoms with E-state index >= 15 is 0 Å². The second-order valence-electron chi connectivity index (χ2n) is 6.68. The van der Waals surface area contributed by atoms with E-state index in [-0.39, 0.29) is 11.6 Å². The molecule has 6 heteroatoms. The quantitative estimate of drug-likeness (QED) is 0.615. The van der Waals surface area contributed by atoms with Gasteiger partial charge in [-0.05, 0) is 30.4 Å². The van der Waals surface area contributed by atoms with Crippen LogP contribution in [0.15, 0.2) is 41.1 Å². The first kappa shape index (κ1) is 17.2. The molecule has 3 aromatic rings. The predicted octanol–water partition coefficient (Wildman–Crippen LogP) is 3.17. The molecule has 0 aliphatic heterocycles. The summed E-state index contributed by atoms with van der Waals surface area (Å²) in [4.78, 5) is 19.6. The molecule has 0 bridgehead atoms. The van der Waals surface area contributed by atoms with E-state index in [9.17, 15) is 4.79 Å². The van der Waals surface area contributed by atoms with E-state index in [1.165, 1.54) is 6.26 Å². The summed E-state index contributed by atoms with van der Waals surface area (Å²) in [5.74, 6) is 0.687. The summed E-state index contributed by atoms with van der Waals surface area (Å²) in [5.41, 5.74) is 8.67. The molecule has 1 atom stereocenters. The highest BCUT2D eigenvalue weighted by atomic mass is 16.3. The molecule has 132 valence electrons. The lowest BCUT2D eigenvalue weighted by Gasteiger charge is -2.06. The van der Waals surface area contributed by atoms with Crippen LogP contribution in [0.2, 0.25) is 0 Å². The Labute approximate surface area is 146 Å². The van der Waals surface area contributed by atoms with Crippen molar-refractivity contribution in [2.24, 2.45) is 11.7 Å². The molecule has 1 amide bonds. The Balaban J connectivity index is 1.64. The van der Waals surface area contributed by atoms with Crippen molar-refractivity contribution < 1.29 is 9.21 Å². The zero-order chi connectivity index (χ0) is 17.8. The molecule has 3 rings (SSSR count). The third-order valence-corrected chi connectivity index (χ3v) is 4.19. The molecule has 0 aliphatic carbocycles.